The van der Waals surface area contributed by atoms with E-state index in [1.165, 1.54) is 0 Å². The number of hydrogen-bond donors (Lipinski definition) is 0. The highest BCUT2D eigenvalue weighted by atomic mass is 16.5. The molecular weight excluding hydrogens is 232 g/mol. The predicted molar refractivity (Wildman–Crippen MR) is 68.5 cm³/mol. The van der Waals surface area contributed by atoms with Crippen molar-refractivity contribution in [3.8, 4) is 0 Å². The number of carbonyl (C=O) groups is 2. The van der Waals surface area contributed by atoms with Gasteiger partial charge in [0.25, 0.3) is 0 Å². The molecule has 104 valence electrons. The van der Waals surface area contributed by atoms with Crippen LogP contribution in [0, 0.1) is 0 Å². The van der Waals surface area contributed by atoms with Crippen molar-refractivity contribution in [2.24, 2.45) is 0 Å². The van der Waals surface area contributed by atoms with Crippen LogP contribution >= 0.6 is 0 Å². The fourth-order valence-corrected chi connectivity index (χ4v) is 2.03. The van der Waals surface area contributed by atoms with Crippen LogP contribution in [0.15, 0.2) is 0 Å². The van der Waals surface area contributed by atoms with Crippen LogP contribution < -0.4 is 0 Å². The van der Waals surface area contributed by atoms with Crippen LogP contribution in [0.1, 0.15) is 52.4 Å². The summed E-state index contributed by atoms with van der Waals surface area (Å²) < 4.78 is 10.6. The van der Waals surface area contributed by atoms with Gasteiger partial charge in [0, 0.05) is 25.7 Å². The van der Waals surface area contributed by atoms with Gasteiger partial charge in [-0.15, -0.1) is 0 Å². The molecule has 4 nitrogen and oxygen atoms in total. The molecule has 2 saturated heterocycles. The van der Waals surface area contributed by atoms with E-state index in [4.69, 9.17) is 9.47 Å². The molecule has 0 aromatic heterocycles. The van der Waals surface area contributed by atoms with E-state index in [-0.39, 0.29) is 12.2 Å². The fraction of sp³-hybridized carbons (Fsp3) is 0.857. The first-order chi connectivity index (χ1) is 8.65. The number of ether oxygens (including phenoxy) is 2. The van der Waals surface area contributed by atoms with E-state index < -0.39 is 0 Å². The zero-order valence-electron chi connectivity index (χ0n) is 11.4. The van der Waals surface area contributed by atoms with Crippen LogP contribution in [0.3, 0.4) is 0 Å². The average Bonchev–Trinajstić information content (AvgIpc) is 2.39. The fourth-order valence-electron chi connectivity index (χ4n) is 2.03. The van der Waals surface area contributed by atoms with E-state index in [1.54, 1.807) is 0 Å². The van der Waals surface area contributed by atoms with Gasteiger partial charge in [-0.2, -0.15) is 0 Å². The van der Waals surface area contributed by atoms with E-state index in [1.807, 2.05) is 13.8 Å². The molecule has 0 radical (unpaired) electrons. The van der Waals surface area contributed by atoms with Crippen LogP contribution in [-0.2, 0) is 19.1 Å². The maximum atomic E-state index is 10.8. The molecule has 0 amide bonds. The van der Waals surface area contributed by atoms with Gasteiger partial charge in [-0.25, -0.2) is 0 Å². The number of Topliss-reactive ketones (excluding diaryl/α,β-unsaturated/α-hetero) is 2. The third-order valence-corrected chi connectivity index (χ3v) is 3.29. The summed E-state index contributed by atoms with van der Waals surface area (Å²) in [5.74, 6) is 0.709. The second kappa shape index (κ2) is 8.38. The first kappa shape index (κ1) is 15.3. The first-order valence-electron chi connectivity index (χ1n) is 6.92. The van der Waals surface area contributed by atoms with Gasteiger partial charge in [-0.3, -0.25) is 9.59 Å². The summed E-state index contributed by atoms with van der Waals surface area (Å²) >= 11 is 0. The van der Waals surface area contributed by atoms with Crippen LogP contribution in [0.5, 0.6) is 0 Å². The standard InChI is InChI=1S/2C7H12O2/c2*1-2-7-5-6(8)3-4-9-7/h2*7H,2-5H2,1H3. The van der Waals surface area contributed by atoms with Crippen molar-refractivity contribution in [1.82, 2.24) is 0 Å². The van der Waals surface area contributed by atoms with Gasteiger partial charge in [0.05, 0.1) is 25.4 Å². The largest absolute Gasteiger partial charge is 0.377 e. The molecule has 2 heterocycles. The third-order valence-electron chi connectivity index (χ3n) is 3.29. The van der Waals surface area contributed by atoms with Gasteiger partial charge < -0.3 is 9.47 Å². The summed E-state index contributed by atoms with van der Waals surface area (Å²) in [5, 5.41) is 0. The Morgan fingerprint density at radius 3 is 1.50 bits per heavy atom. The molecule has 2 aliphatic rings. The zero-order valence-corrected chi connectivity index (χ0v) is 11.4. The van der Waals surface area contributed by atoms with Gasteiger partial charge >= 0.3 is 0 Å². The molecule has 0 aromatic rings. The Bertz CT molecular complexity index is 247. The Hall–Kier alpha value is -0.740. The van der Waals surface area contributed by atoms with Gasteiger partial charge in [0.15, 0.2) is 0 Å². The summed E-state index contributed by atoms with van der Waals surface area (Å²) in [7, 11) is 0. The van der Waals surface area contributed by atoms with E-state index in [9.17, 15) is 9.59 Å². The van der Waals surface area contributed by atoms with Crippen molar-refractivity contribution in [3.63, 3.8) is 0 Å². The summed E-state index contributed by atoms with van der Waals surface area (Å²) in [6.07, 6.45) is 4.87. The molecule has 2 fully saturated rings. The lowest BCUT2D eigenvalue weighted by molar-refractivity contribution is -0.129. The molecule has 0 bridgehead atoms. The van der Waals surface area contributed by atoms with Crippen LogP contribution in [-0.4, -0.2) is 37.0 Å². The topological polar surface area (TPSA) is 52.6 Å². The van der Waals surface area contributed by atoms with Crippen molar-refractivity contribution < 1.29 is 19.1 Å². The predicted octanol–water partition coefficient (Wildman–Crippen LogP) is 2.29. The molecule has 18 heavy (non-hydrogen) atoms. The average molecular weight is 256 g/mol. The van der Waals surface area contributed by atoms with Crippen LogP contribution in [0.25, 0.3) is 0 Å². The smallest absolute Gasteiger partial charge is 0.137 e. The minimum Gasteiger partial charge on any atom is -0.377 e. The van der Waals surface area contributed by atoms with E-state index >= 15 is 0 Å². The molecule has 2 atom stereocenters. The van der Waals surface area contributed by atoms with Gasteiger partial charge in [0.1, 0.15) is 11.6 Å². The van der Waals surface area contributed by atoms with Crippen LogP contribution in [0.4, 0.5) is 0 Å². The highest BCUT2D eigenvalue weighted by Crippen LogP contribution is 2.12. The summed E-state index contributed by atoms with van der Waals surface area (Å²) in [6.45, 7) is 5.36. The molecule has 0 spiro atoms. The number of hydrogen-bond acceptors (Lipinski definition) is 4. The Labute approximate surface area is 109 Å². The Morgan fingerprint density at radius 1 is 0.889 bits per heavy atom. The zero-order chi connectivity index (χ0) is 13.4. The molecule has 0 aliphatic carbocycles. The van der Waals surface area contributed by atoms with Crippen molar-refractivity contribution in [3.05, 3.63) is 0 Å². The molecule has 0 aromatic carbocycles. The monoisotopic (exact) mass is 256 g/mol. The van der Waals surface area contributed by atoms with Crippen molar-refractivity contribution in [2.45, 2.75) is 64.6 Å². The van der Waals surface area contributed by atoms with E-state index in [0.29, 0.717) is 50.5 Å². The molecule has 2 rings (SSSR count). The molecular formula is C14H24O4. The van der Waals surface area contributed by atoms with E-state index in [2.05, 4.69) is 0 Å². The quantitative estimate of drug-likeness (QED) is 0.760. The summed E-state index contributed by atoms with van der Waals surface area (Å²) in [4.78, 5) is 21.5. The van der Waals surface area contributed by atoms with Crippen LogP contribution in [0.2, 0.25) is 0 Å². The molecule has 2 aliphatic heterocycles. The molecule has 2 unspecified atom stereocenters. The molecule has 0 saturated carbocycles. The second-order valence-corrected chi connectivity index (χ2v) is 4.79. The van der Waals surface area contributed by atoms with E-state index in [0.717, 1.165) is 12.8 Å². The second-order valence-electron chi connectivity index (χ2n) is 4.79. The maximum Gasteiger partial charge on any atom is 0.137 e. The molecule has 4 heteroatoms. The van der Waals surface area contributed by atoms with Gasteiger partial charge in [-0.1, -0.05) is 13.8 Å². The Balaban J connectivity index is 0.000000180. The lowest BCUT2D eigenvalue weighted by atomic mass is 10.1. The van der Waals surface area contributed by atoms with Crippen molar-refractivity contribution >= 4 is 11.6 Å². The summed E-state index contributed by atoms with van der Waals surface area (Å²) in [6, 6.07) is 0. The van der Waals surface area contributed by atoms with Gasteiger partial charge in [-0.05, 0) is 12.8 Å². The van der Waals surface area contributed by atoms with Crippen molar-refractivity contribution in [1.29, 1.82) is 0 Å². The highest BCUT2D eigenvalue weighted by molar-refractivity contribution is 5.79. The Kier molecular flexibility index (Phi) is 7.13. The number of carbonyl (C=O) groups excluding carboxylic acids is 2. The first-order valence-corrected chi connectivity index (χ1v) is 6.92. The summed E-state index contributed by atoms with van der Waals surface area (Å²) in [5.41, 5.74) is 0. The minimum atomic E-state index is 0.214. The maximum absolute atomic E-state index is 10.8. The minimum absolute atomic E-state index is 0.214. The SMILES string of the molecule is CCC1CC(=O)CCO1.CCC1CC(=O)CCO1. The number of ketones is 2. The Morgan fingerprint density at radius 2 is 1.28 bits per heavy atom. The van der Waals surface area contributed by atoms with Crippen molar-refractivity contribution in [2.75, 3.05) is 13.2 Å². The third kappa shape index (κ3) is 5.74. The highest BCUT2D eigenvalue weighted by Gasteiger charge is 2.18. The lowest BCUT2D eigenvalue weighted by Crippen LogP contribution is -2.24. The number of rotatable bonds is 2. The van der Waals surface area contributed by atoms with Gasteiger partial charge in [0.2, 0.25) is 0 Å². The molecule has 0 N–H and O–H groups in total. The normalized spacial score (nSPS) is 28.6. The lowest BCUT2D eigenvalue weighted by Gasteiger charge is -2.19.